The molecule has 2 fully saturated rings. The van der Waals surface area contributed by atoms with Crippen LogP contribution in [-0.2, 0) is 36.6 Å². The van der Waals surface area contributed by atoms with Crippen LogP contribution in [0.4, 0.5) is 28.9 Å². The number of unbranched alkanes of at least 4 members (excludes halogenated alkanes) is 1. The van der Waals surface area contributed by atoms with E-state index in [1.807, 2.05) is 45.0 Å². The zero-order valence-electron chi connectivity index (χ0n) is 39.8. The van der Waals surface area contributed by atoms with E-state index in [4.69, 9.17) is 26.1 Å². The minimum atomic E-state index is -4.86. The number of oxazole rings is 1. The fourth-order valence-electron chi connectivity index (χ4n) is 8.48. The maximum atomic E-state index is 15.9. The zero-order valence-corrected chi connectivity index (χ0v) is 40.6. The number of amides is 4. The molecule has 14 nitrogen and oxygen atoms in total. The molecule has 372 valence electrons. The van der Waals surface area contributed by atoms with E-state index < -0.39 is 58.0 Å². The molecule has 0 aliphatic carbocycles. The van der Waals surface area contributed by atoms with Gasteiger partial charge in [-0.25, -0.2) is 9.37 Å². The highest BCUT2D eigenvalue weighted by Gasteiger charge is 2.51. The fourth-order valence-corrected chi connectivity index (χ4v) is 8.99. The maximum Gasteiger partial charge on any atom is 0.417 e. The van der Waals surface area contributed by atoms with Crippen molar-refractivity contribution in [2.45, 2.75) is 90.6 Å². The summed E-state index contributed by atoms with van der Waals surface area (Å²) in [5.74, 6) is -1.22. The van der Waals surface area contributed by atoms with Gasteiger partial charge >= 0.3 is 6.18 Å². The van der Waals surface area contributed by atoms with Gasteiger partial charge in [-0.2, -0.15) is 18.4 Å². The van der Waals surface area contributed by atoms with Crippen LogP contribution in [-0.4, -0.2) is 82.6 Å². The van der Waals surface area contributed by atoms with Gasteiger partial charge in [-0.3, -0.25) is 24.1 Å². The average molecular weight is 996 g/mol. The van der Waals surface area contributed by atoms with E-state index in [1.54, 1.807) is 41.4 Å². The van der Waals surface area contributed by atoms with Crippen molar-refractivity contribution in [3.8, 4) is 34.3 Å². The lowest BCUT2D eigenvalue weighted by molar-refractivity contribution is -0.144. The largest absolute Gasteiger partial charge is 0.494 e. The molecule has 2 aliphatic heterocycles. The molecule has 0 spiro atoms. The third-order valence-electron chi connectivity index (χ3n) is 12.3. The highest BCUT2D eigenvalue weighted by molar-refractivity contribution is 7.81. The number of nitrogens with one attached hydrogen (secondary N) is 2. The number of nitrogens with zero attached hydrogens (tertiary/aromatic N) is 5. The highest BCUT2D eigenvalue weighted by Crippen LogP contribution is 2.41. The van der Waals surface area contributed by atoms with E-state index in [9.17, 15) is 37.6 Å². The van der Waals surface area contributed by atoms with Crippen molar-refractivity contribution < 1.29 is 50.6 Å². The second-order valence-corrected chi connectivity index (χ2v) is 19.2. The van der Waals surface area contributed by atoms with E-state index in [0.717, 1.165) is 22.1 Å². The lowest BCUT2D eigenvalue weighted by atomic mass is 9.85. The molecule has 1 aromatic heterocycles. The molecular weight excluding hydrogens is 943 g/mol. The molecule has 0 bridgehead atoms. The Labute approximate surface area is 413 Å². The molecule has 71 heavy (non-hydrogen) atoms. The van der Waals surface area contributed by atoms with Crippen molar-refractivity contribution in [2.75, 3.05) is 36.2 Å². The third-order valence-corrected chi connectivity index (χ3v) is 12.7. The standard InChI is InChI=1S/C52H53F4N7O7S/c1-50(2,3)45(47(66)61-22-8-9-42(61)46(65)59-28-32-10-12-34(13-11-32)43-29-58-31-70-43)60-44(64)30-68-23-6-7-24-69-38-19-15-33(16-20-38)35-17-21-41(40(53)25-35)63-49(71)62(48(67)51(63,4)5)37-18-14-36(27-57)39(26-37)52(54,55)56/h10-21,25-26,29,31,42,45H,6-9,22-24,28,30H2,1-5H3,(H,59,65)(H,60,64)/t42-,45+/m0/s1. The summed E-state index contributed by atoms with van der Waals surface area (Å²) in [7, 11) is 0. The number of halogens is 4. The van der Waals surface area contributed by atoms with E-state index in [1.165, 1.54) is 49.4 Å². The fraction of sp³-hybridized carbons (Fsp3) is 0.365. The summed E-state index contributed by atoms with van der Waals surface area (Å²) < 4.78 is 74.1. The zero-order chi connectivity index (χ0) is 51.3. The van der Waals surface area contributed by atoms with E-state index >= 15 is 4.39 Å². The smallest absolute Gasteiger partial charge is 0.417 e. The number of hydrogen-bond donors (Lipinski definition) is 2. The van der Waals surface area contributed by atoms with Gasteiger partial charge in [-0.15, -0.1) is 0 Å². The summed E-state index contributed by atoms with van der Waals surface area (Å²) in [5, 5.41) is 14.8. The second-order valence-electron chi connectivity index (χ2n) is 18.8. The highest BCUT2D eigenvalue weighted by atomic mass is 32.1. The quantitative estimate of drug-likeness (QED) is 0.0518. The normalized spacial score (nSPS) is 16.2. The van der Waals surface area contributed by atoms with Gasteiger partial charge in [0, 0.05) is 25.3 Å². The molecule has 2 aliphatic rings. The summed E-state index contributed by atoms with van der Waals surface area (Å²) in [6.45, 7) is 9.58. The van der Waals surface area contributed by atoms with Crippen molar-refractivity contribution in [1.82, 2.24) is 20.5 Å². The van der Waals surface area contributed by atoms with Gasteiger partial charge in [0.15, 0.2) is 17.3 Å². The number of hydrogen-bond acceptors (Lipinski definition) is 10. The lowest BCUT2D eigenvalue weighted by Crippen LogP contribution is -2.58. The van der Waals surface area contributed by atoms with E-state index in [2.05, 4.69) is 15.6 Å². The Morgan fingerprint density at radius 1 is 0.958 bits per heavy atom. The summed E-state index contributed by atoms with van der Waals surface area (Å²) >= 11 is 5.56. The number of ether oxygens (including phenoxy) is 2. The Hall–Kier alpha value is -7.17. The topological polar surface area (TPSA) is 170 Å². The number of anilines is 2. The Morgan fingerprint density at radius 2 is 1.65 bits per heavy atom. The molecule has 2 N–H and O–H groups in total. The molecule has 3 heterocycles. The SMILES string of the molecule is CC(C)(C)[C@H](NC(=O)COCCCCOc1ccc(-c2ccc(N3C(=S)N(c4ccc(C#N)c(C(F)(F)F)c4)C(=O)C3(C)C)c(F)c2)cc1)C(=O)N1CCC[C@H]1C(=O)NCc1ccc(-c2cnco2)cc1. The van der Waals surface area contributed by atoms with Crippen molar-refractivity contribution in [3.63, 3.8) is 0 Å². The summed E-state index contributed by atoms with van der Waals surface area (Å²) in [5.41, 5.74) is -1.30. The molecule has 4 amide bonds. The first kappa shape index (κ1) is 51.7. The van der Waals surface area contributed by atoms with Gasteiger partial charge in [0.05, 0.1) is 41.4 Å². The molecular formula is C52H53F4N7O7S. The first-order valence-electron chi connectivity index (χ1n) is 22.9. The number of thiocarbonyl (C=S) groups is 1. The number of rotatable bonds is 17. The number of carbonyl (C=O) groups is 4. The first-order valence-corrected chi connectivity index (χ1v) is 23.4. The monoisotopic (exact) mass is 995 g/mol. The predicted octanol–water partition coefficient (Wildman–Crippen LogP) is 8.97. The van der Waals surface area contributed by atoms with Crippen LogP contribution in [0.3, 0.4) is 0 Å². The van der Waals surface area contributed by atoms with Crippen LogP contribution in [0.2, 0.25) is 0 Å². The number of benzene rings is 4. The molecule has 0 saturated carbocycles. The summed E-state index contributed by atoms with van der Waals surface area (Å²) in [6, 6.07) is 21.7. The van der Waals surface area contributed by atoms with Gasteiger partial charge in [-0.05, 0) is 116 Å². The van der Waals surface area contributed by atoms with Crippen LogP contribution in [0.5, 0.6) is 5.75 Å². The van der Waals surface area contributed by atoms with Crippen LogP contribution in [0, 0.1) is 22.6 Å². The van der Waals surface area contributed by atoms with E-state index in [0.29, 0.717) is 67.5 Å². The molecule has 19 heteroatoms. The molecule has 2 atom stereocenters. The average Bonchev–Trinajstić information content (AvgIpc) is 4.09. The molecule has 4 aromatic carbocycles. The van der Waals surface area contributed by atoms with Crippen LogP contribution in [0.15, 0.2) is 102 Å². The lowest BCUT2D eigenvalue weighted by Gasteiger charge is -2.35. The maximum absolute atomic E-state index is 15.9. The van der Waals surface area contributed by atoms with Crippen molar-refractivity contribution in [3.05, 3.63) is 120 Å². The number of carbonyl (C=O) groups excluding carboxylic acids is 4. The van der Waals surface area contributed by atoms with Crippen molar-refractivity contribution in [1.29, 1.82) is 5.26 Å². The van der Waals surface area contributed by atoms with Gasteiger partial charge in [0.1, 0.15) is 35.8 Å². The van der Waals surface area contributed by atoms with Gasteiger partial charge in [0.2, 0.25) is 17.7 Å². The first-order chi connectivity index (χ1) is 33.7. The predicted molar refractivity (Wildman–Crippen MR) is 260 cm³/mol. The number of aromatic nitrogens is 1. The minimum Gasteiger partial charge on any atom is -0.494 e. The van der Waals surface area contributed by atoms with Gasteiger partial charge in [0.25, 0.3) is 5.91 Å². The Balaban J connectivity index is 0.846. The summed E-state index contributed by atoms with van der Waals surface area (Å²) in [4.78, 5) is 61.6. The van der Waals surface area contributed by atoms with Crippen molar-refractivity contribution >= 4 is 52.3 Å². The number of likely N-dealkylation sites (tertiary alicyclic amines) is 1. The number of nitriles is 1. The Morgan fingerprint density at radius 3 is 2.30 bits per heavy atom. The summed E-state index contributed by atoms with van der Waals surface area (Å²) in [6.07, 6.45) is 0.475. The van der Waals surface area contributed by atoms with Crippen LogP contribution in [0.1, 0.15) is 77.0 Å². The van der Waals surface area contributed by atoms with Crippen LogP contribution < -0.4 is 25.2 Å². The molecule has 5 aromatic rings. The van der Waals surface area contributed by atoms with Crippen LogP contribution >= 0.6 is 12.2 Å². The van der Waals surface area contributed by atoms with Gasteiger partial charge < -0.3 is 34.3 Å². The molecule has 7 rings (SSSR count). The third kappa shape index (κ3) is 11.7. The minimum absolute atomic E-state index is 0.0489. The number of alkyl halides is 3. The van der Waals surface area contributed by atoms with Gasteiger partial charge in [-0.1, -0.05) is 63.2 Å². The van der Waals surface area contributed by atoms with E-state index in [-0.39, 0.29) is 48.1 Å². The Bertz CT molecular complexity index is 2810. The second kappa shape index (κ2) is 21.4. The molecule has 0 unspecified atom stereocenters. The molecule has 2 saturated heterocycles. The van der Waals surface area contributed by atoms with Crippen molar-refractivity contribution in [2.24, 2.45) is 5.41 Å². The molecule has 0 radical (unpaired) electrons. The van der Waals surface area contributed by atoms with Crippen LogP contribution in [0.25, 0.3) is 22.5 Å². The Kier molecular flexibility index (Phi) is 15.6.